The molecule has 11 heteroatoms. The zero-order valence-electron chi connectivity index (χ0n) is 27.9. The third kappa shape index (κ3) is 7.73. The van der Waals surface area contributed by atoms with Gasteiger partial charge in [0.05, 0.1) is 5.69 Å². The topological polar surface area (TPSA) is 76.4 Å². The molecular weight excluding hydrogens is 593 g/mol. The highest BCUT2D eigenvalue weighted by atomic mass is 19.4. The van der Waals surface area contributed by atoms with Gasteiger partial charge in [-0.05, 0) is 109 Å². The Kier molecular flexibility index (Phi) is 9.82. The van der Waals surface area contributed by atoms with Gasteiger partial charge in [-0.3, -0.25) is 0 Å². The van der Waals surface area contributed by atoms with E-state index in [-0.39, 0.29) is 17.3 Å². The molecule has 2 saturated heterocycles. The Bertz CT molecular complexity index is 1470. The summed E-state index contributed by atoms with van der Waals surface area (Å²) in [4.78, 5) is 17.3. The molecule has 3 aromatic rings. The fourth-order valence-electron chi connectivity index (χ4n) is 7.15. The lowest BCUT2D eigenvalue weighted by Gasteiger charge is -2.32. The molecule has 4 heterocycles. The van der Waals surface area contributed by atoms with Crippen molar-refractivity contribution in [1.29, 1.82) is 0 Å². The first-order valence-corrected chi connectivity index (χ1v) is 16.4. The van der Waals surface area contributed by atoms with Crippen LogP contribution in [0.3, 0.4) is 0 Å². The van der Waals surface area contributed by atoms with Crippen LogP contribution in [0.15, 0.2) is 42.5 Å². The van der Waals surface area contributed by atoms with Crippen LogP contribution in [0.2, 0.25) is 0 Å². The average molecular weight is 641 g/mol. The molecule has 3 atom stereocenters. The second-order valence-electron chi connectivity index (χ2n) is 14.2. The summed E-state index contributed by atoms with van der Waals surface area (Å²) in [5, 5.41) is 10.9. The maximum atomic E-state index is 12.7. The molecular formula is C35H47F3N6O2. The lowest BCUT2D eigenvalue weighted by molar-refractivity contribution is -0.141. The van der Waals surface area contributed by atoms with E-state index in [1.807, 2.05) is 46.4 Å². The van der Waals surface area contributed by atoms with E-state index in [9.17, 15) is 18.0 Å². The minimum atomic E-state index is -4.48. The van der Waals surface area contributed by atoms with Crippen LogP contribution in [0.25, 0.3) is 5.82 Å². The van der Waals surface area contributed by atoms with Gasteiger partial charge in [-0.15, -0.1) is 10.2 Å². The van der Waals surface area contributed by atoms with Gasteiger partial charge in [0.25, 0.3) is 0 Å². The second-order valence-corrected chi connectivity index (χ2v) is 14.2. The van der Waals surface area contributed by atoms with Crippen LogP contribution in [0, 0.1) is 32.6 Å². The Morgan fingerprint density at radius 1 is 0.978 bits per heavy atom. The number of carbonyl (C=O) groups is 1. The fraction of sp³-hybridized carbons (Fsp3) is 0.600. The number of carbonyl (C=O) groups excluding carboxylic acids is 1. The van der Waals surface area contributed by atoms with Gasteiger partial charge in [0.1, 0.15) is 5.60 Å². The van der Waals surface area contributed by atoms with Crippen molar-refractivity contribution in [3.8, 4) is 5.82 Å². The molecule has 0 bridgehead atoms. The highest BCUT2D eigenvalue weighted by molar-refractivity contribution is 5.69. The molecule has 250 valence electrons. The van der Waals surface area contributed by atoms with E-state index in [0.717, 1.165) is 67.3 Å². The van der Waals surface area contributed by atoms with E-state index in [4.69, 9.17) is 4.74 Å². The normalized spacial score (nSPS) is 23.3. The smallest absolute Gasteiger partial charge is 0.435 e. The minimum Gasteiger partial charge on any atom is -0.444 e. The summed E-state index contributed by atoms with van der Waals surface area (Å²) in [5.74, 6) is 2.15. The van der Waals surface area contributed by atoms with Gasteiger partial charge in [0, 0.05) is 37.3 Å². The van der Waals surface area contributed by atoms with Crippen LogP contribution < -0.4 is 0 Å². The number of alkyl halides is 3. The predicted octanol–water partition coefficient (Wildman–Crippen LogP) is 7.29. The second kappa shape index (κ2) is 13.3. The van der Waals surface area contributed by atoms with Crippen LogP contribution in [-0.2, 0) is 16.3 Å². The molecule has 1 amide bonds. The predicted molar refractivity (Wildman–Crippen MR) is 171 cm³/mol. The lowest BCUT2D eigenvalue weighted by Crippen LogP contribution is -2.39. The highest BCUT2D eigenvalue weighted by Crippen LogP contribution is 2.41. The summed E-state index contributed by atoms with van der Waals surface area (Å²) in [6.07, 6.45) is 1.79. The number of hydrogen-bond acceptors (Lipinski definition) is 6. The molecule has 2 aliphatic heterocycles. The summed E-state index contributed by atoms with van der Waals surface area (Å²) in [7, 11) is 0. The van der Waals surface area contributed by atoms with Crippen LogP contribution in [-0.4, -0.2) is 74.2 Å². The number of aromatic nitrogens is 4. The molecule has 1 aromatic carbocycles. The summed E-state index contributed by atoms with van der Waals surface area (Å²) >= 11 is 0. The van der Waals surface area contributed by atoms with Gasteiger partial charge < -0.3 is 14.5 Å². The van der Waals surface area contributed by atoms with Gasteiger partial charge in [-0.2, -0.15) is 18.3 Å². The van der Waals surface area contributed by atoms with E-state index in [1.165, 1.54) is 48.7 Å². The summed E-state index contributed by atoms with van der Waals surface area (Å²) in [6.45, 7) is 16.6. The first-order chi connectivity index (χ1) is 21.6. The van der Waals surface area contributed by atoms with Gasteiger partial charge >= 0.3 is 12.3 Å². The SMILES string of the molecule is CC(C)(C)OC(=O)N1CCC(CCN2CC3CCCC3C2)(c2ccccc2)C1.Cc1nn(-c2ccc(C(F)(F)F)nn2)c(C)c1C. The Balaban J connectivity index is 0.000000200. The van der Waals surface area contributed by atoms with Gasteiger partial charge in [0.15, 0.2) is 11.5 Å². The summed E-state index contributed by atoms with van der Waals surface area (Å²) in [5.41, 5.74) is 2.61. The van der Waals surface area contributed by atoms with Crippen molar-refractivity contribution in [3.63, 3.8) is 0 Å². The van der Waals surface area contributed by atoms with E-state index in [0.29, 0.717) is 0 Å². The zero-order chi connectivity index (χ0) is 33.3. The number of halogens is 3. The molecule has 3 unspecified atom stereocenters. The Morgan fingerprint density at radius 3 is 2.20 bits per heavy atom. The van der Waals surface area contributed by atoms with Crippen LogP contribution >= 0.6 is 0 Å². The molecule has 6 rings (SSSR count). The van der Waals surface area contributed by atoms with Gasteiger partial charge in [-0.25, -0.2) is 9.48 Å². The Hall–Kier alpha value is -3.47. The molecule has 0 spiro atoms. The fourth-order valence-corrected chi connectivity index (χ4v) is 7.15. The summed E-state index contributed by atoms with van der Waals surface area (Å²) < 4.78 is 44.2. The molecule has 46 heavy (non-hydrogen) atoms. The van der Waals surface area contributed by atoms with Crippen molar-refractivity contribution < 1.29 is 22.7 Å². The standard InChI is InChI=1S/C24H36N2O2.C11H11F3N4/c1-23(2,3)28-22(27)26-15-13-24(18-26,21-10-5-4-6-11-21)12-14-25-16-19-8-7-9-20(19)17-25;1-6-7(2)17-18(8(6)3)10-5-4-9(15-16-10)11(12,13)14/h4-6,10-11,19-20H,7-9,12-18H2,1-3H3;4-5H,1-3H3. The monoisotopic (exact) mass is 640 g/mol. The molecule has 0 N–H and O–H groups in total. The first-order valence-electron chi connectivity index (χ1n) is 16.4. The zero-order valence-corrected chi connectivity index (χ0v) is 27.9. The molecule has 1 aliphatic carbocycles. The van der Waals surface area contributed by atoms with Crippen molar-refractivity contribution in [2.45, 2.75) is 90.8 Å². The van der Waals surface area contributed by atoms with E-state index in [1.54, 1.807) is 0 Å². The lowest BCUT2D eigenvalue weighted by atomic mass is 9.76. The van der Waals surface area contributed by atoms with E-state index >= 15 is 0 Å². The van der Waals surface area contributed by atoms with E-state index < -0.39 is 17.5 Å². The number of nitrogens with zero attached hydrogens (tertiary/aromatic N) is 6. The van der Waals surface area contributed by atoms with Crippen molar-refractivity contribution in [2.24, 2.45) is 11.8 Å². The third-order valence-corrected chi connectivity index (χ3v) is 9.91. The average Bonchev–Trinajstić information content (AvgIpc) is 3.77. The number of aryl methyl sites for hydroxylation is 1. The number of fused-ring (bicyclic) bond motifs is 1. The Labute approximate surface area is 270 Å². The van der Waals surface area contributed by atoms with Crippen LogP contribution in [0.5, 0.6) is 0 Å². The first kappa shape index (κ1) is 33.9. The van der Waals surface area contributed by atoms with Crippen molar-refractivity contribution >= 4 is 6.09 Å². The third-order valence-electron chi connectivity index (χ3n) is 9.91. The van der Waals surface area contributed by atoms with Crippen LogP contribution in [0.4, 0.5) is 18.0 Å². The number of amides is 1. The minimum absolute atomic E-state index is 0.0515. The number of ether oxygens (including phenoxy) is 1. The molecule has 3 aliphatic rings. The van der Waals surface area contributed by atoms with Crippen molar-refractivity contribution in [1.82, 2.24) is 29.8 Å². The molecule has 8 nitrogen and oxygen atoms in total. The maximum Gasteiger partial charge on any atom is 0.435 e. The van der Waals surface area contributed by atoms with Crippen molar-refractivity contribution in [2.75, 3.05) is 32.7 Å². The van der Waals surface area contributed by atoms with Crippen LogP contribution in [0.1, 0.15) is 81.1 Å². The number of rotatable bonds is 5. The summed E-state index contributed by atoms with van der Waals surface area (Å²) in [6, 6.07) is 13.0. The quantitative estimate of drug-likeness (QED) is 0.292. The van der Waals surface area contributed by atoms with Gasteiger partial charge in [0.2, 0.25) is 0 Å². The molecule has 3 fully saturated rings. The number of likely N-dealkylation sites (tertiary alicyclic amines) is 2. The molecule has 1 saturated carbocycles. The maximum absolute atomic E-state index is 12.7. The number of benzene rings is 1. The molecule has 0 radical (unpaired) electrons. The number of hydrogen-bond donors (Lipinski definition) is 0. The van der Waals surface area contributed by atoms with Gasteiger partial charge in [-0.1, -0.05) is 36.8 Å². The van der Waals surface area contributed by atoms with E-state index in [2.05, 4.69) is 50.5 Å². The molecule has 2 aromatic heterocycles. The highest BCUT2D eigenvalue weighted by Gasteiger charge is 2.44. The van der Waals surface area contributed by atoms with Crippen molar-refractivity contribution in [3.05, 3.63) is 70.7 Å². The largest absolute Gasteiger partial charge is 0.444 e. The Morgan fingerprint density at radius 2 is 1.65 bits per heavy atom.